The molecule has 4 nitrogen and oxygen atoms in total. The maximum Gasteiger partial charge on any atom is 0.321 e. The number of nitrogens with one attached hydrogen (secondary N) is 1. The van der Waals surface area contributed by atoms with Crippen LogP contribution in [0.25, 0.3) is 0 Å². The predicted octanol–water partition coefficient (Wildman–Crippen LogP) is 3.60. The fourth-order valence-corrected chi connectivity index (χ4v) is 2.99. The van der Waals surface area contributed by atoms with Crippen molar-refractivity contribution in [3.05, 3.63) is 29.3 Å². The van der Waals surface area contributed by atoms with E-state index in [2.05, 4.69) is 26.1 Å². The molecule has 0 spiro atoms. The summed E-state index contributed by atoms with van der Waals surface area (Å²) in [7, 11) is 0. The summed E-state index contributed by atoms with van der Waals surface area (Å²) in [4.78, 5) is 13.9. The van der Waals surface area contributed by atoms with Crippen LogP contribution in [0.1, 0.15) is 27.2 Å². The maximum atomic E-state index is 12.2. The minimum atomic E-state index is -0.477. The van der Waals surface area contributed by atoms with Crippen molar-refractivity contribution in [2.45, 2.75) is 33.3 Å². The van der Waals surface area contributed by atoms with E-state index in [1.807, 2.05) is 0 Å². The van der Waals surface area contributed by atoms with Crippen molar-refractivity contribution in [2.24, 2.45) is 11.3 Å². The number of β-amino-alcohol motifs (C(OH)–C–C–N with tert-alkyl or cyclic N) is 1. The standard InChI is InChI=1S/C16H23ClN2O2/c1-16(2,3)13-8-9-19(10-14(13)20)15(21)18-12-6-4-11(17)5-7-12/h4-7,13-14,20H,8-10H2,1-3H3,(H,18,21). The molecule has 2 N–H and O–H groups in total. The average molecular weight is 311 g/mol. The molecule has 5 heteroatoms. The van der Waals surface area contributed by atoms with Crippen LogP contribution in [0.5, 0.6) is 0 Å². The summed E-state index contributed by atoms with van der Waals surface area (Å²) < 4.78 is 0. The van der Waals surface area contributed by atoms with Gasteiger partial charge >= 0.3 is 6.03 Å². The van der Waals surface area contributed by atoms with Crippen LogP contribution in [0.15, 0.2) is 24.3 Å². The Kier molecular flexibility index (Phi) is 4.79. The van der Waals surface area contributed by atoms with Crippen molar-refractivity contribution in [3.8, 4) is 0 Å². The van der Waals surface area contributed by atoms with Crippen LogP contribution in [0, 0.1) is 11.3 Å². The predicted molar refractivity (Wildman–Crippen MR) is 85.6 cm³/mol. The van der Waals surface area contributed by atoms with Gasteiger partial charge in [-0.15, -0.1) is 0 Å². The Morgan fingerprint density at radius 2 is 1.95 bits per heavy atom. The van der Waals surface area contributed by atoms with Crippen molar-refractivity contribution in [3.63, 3.8) is 0 Å². The van der Waals surface area contributed by atoms with Gasteiger partial charge < -0.3 is 15.3 Å². The number of nitrogens with zero attached hydrogens (tertiary/aromatic N) is 1. The Labute approximate surface area is 131 Å². The molecule has 116 valence electrons. The second-order valence-corrected chi connectivity index (χ2v) is 7.15. The normalized spacial score (nSPS) is 23.0. The Bertz CT molecular complexity index is 496. The number of halogens is 1. The largest absolute Gasteiger partial charge is 0.391 e. The lowest BCUT2D eigenvalue weighted by Gasteiger charge is -2.42. The second kappa shape index (κ2) is 6.24. The Morgan fingerprint density at radius 1 is 1.33 bits per heavy atom. The van der Waals surface area contributed by atoms with Crippen LogP contribution in [0.3, 0.4) is 0 Å². The van der Waals surface area contributed by atoms with Gasteiger partial charge in [-0.3, -0.25) is 0 Å². The number of piperidine rings is 1. The molecular formula is C16H23ClN2O2. The van der Waals surface area contributed by atoms with Gasteiger partial charge in [0.1, 0.15) is 0 Å². The highest BCUT2D eigenvalue weighted by atomic mass is 35.5. The number of hydrogen-bond donors (Lipinski definition) is 2. The van der Waals surface area contributed by atoms with Crippen molar-refractivity contribution >= 4 is 23.3 Å². The summed E-state index contributed by atoms with van der Waals surface area (Å²) in [6, 6.07) is 6.82. The molecule has 0 saturated carbocycles. The van der Waals surface area contributed by atoms with Crippen molar-refractivity contribution in [1.29, 1.82) is 0 Å². The fraction of sp³-hybridized carbons (Fsp3) is 0.562. The van der Waals surface area contributed by atoms with Gasteiger partial charge in [-0.2, -0.15) is 0 Å². The van der Waals surface area contributed by atoms with Gasteiger partial charge in [0.2, 0.25) is 0 Å². The first kappa shape index (κ1) is 16.1. The number of amides is 2. The lowest BCUT2D eigenvalue weighted by molar-refractivity contribution is -0.0107. The molecule has 0 aromatic heterocycles. The third-order valence-corrected chi connectivity index (χ3v) is 4.33. The molecule has 1 aliphatic rings. The molecule has 1 aliphatic heterocycles. The number of hydrogen-bond acceptors (Lipinski definition) is 2. The number of rotatable bonds is 1. The summed E-state index contributed by atoms with van der Waals surface area (Å²) in [6.45, 7) is 7.43. The minimum Gasteiger partial charge on any atom is -0.391 e. The highest BCUT2D eigenvalue weighted by Gasteiger charge is 2.36. The number of urea groups is 1. The van der Waals surface area contributed by atoms with Gasteiger partial charge in [0.05, 0.1) is 6.10 Å². The van der Waals surface area contributed by atoms with E-state index in [9.17, 15) is 9.90 Å². The SMILES string of the molecule is CC(C)(C)C1CCN(C(=O)Nc2ccc(Cl)cc2)CC1O. The van der Waals surface area contributed by atoms with Crippen molar-refractivity contribution in [2.75, 3.05) is 18.4 Å². The van der Waals surface area contributed by atoms with Crippen LogP contribution >= 0.6 is 11.6 Å². The first-order valence-corrected chi connectivity index (χ1v) is 7.65. The first-order chi connectivity index (χ1) is 9.77. The summed E-state index contributed by atoms with van der Waals surface area (Å²) >= 11 is 5.82. The average Bonchev–Trinajstić information content (AvgIpc) is 2.39. The number of benzene rings is 1. The number of likely N-dealkylation sites (tertiary alicyclic amines) is 1. The number of aliphatic hydroxyl groups excluding tert-OH is 1. The van der Waals surface area contributed by atoms with E-state index in [-0.39, 0.29) is 17.4 Å². The molecule has 1 aromatic rings. The number of anilines is 1. The Balaban J connectivity index is 1.94. The summed E-state index contributed by atoms with van der Waals surface area (Å²) in [6.07, 6.45) is 0.341. The molecule has 1 aromatic carbocycles. The zero-order valence-electron chi connectivity index (χ0n) is 12.8. The van der Waals surface area contributed by atoms with Crippen LogP contribution in [-0.2, 0) is 0 Å². The molecule has 2 amide bonds. The van der Waals surface area contributed by atoms with E-state index >= 15 is 0 Å². The third-order valence-electron chi connectivity index (χ3n) is 4.08. The molecule has 0 bridgehead atoms. The highest BCUT2D eigenvalue weighted by molar-refractivity contribution is 6.30. The first-order valence-electron chi connectivity index (χ1n) is 7.27. The molecule has 1 saturated heterocycles. The molecule has 2 rings (SSSR count). The summed E-state index contributed by atoms with van der Waals surface area (Å²) in [5, 5.41) is 13.8. The molecule has 1 fully saturated rings. The van der Waals surface area contributed by atoms with E-state index in [1.165, 1.54) is 0 Å². The number of carbonyl (C=O) groups is 1. The summed E-state index contributed by atoms with van der Waals surface area (Å²) in [5.74, 6) is 0.220. The lowest BCUT2D eigenvalue weighted by Crippen LogP contribution is -2.51. The Hall–Kier alpha value is -1.26. The minimum absolute atomic E-state index is 0.0537. The van der Waals surface area contributed by atoms with E-state index in [0.717, 1.165) is 6.42 Å². The maximum absolute atomic E-state index is 12.2. The van der Waals surface area contributed by atoms with Gasteiger partial charge in [0.15, 0.2) is 0 Å². The second-order valence-electron chi connectivity index (χ2n) is 6.71. The van der Waals surface area contributed by atoms with Crippen molar-refractivity contribution < 1.29 is 9.90 Å². The number of carbonyl (C=O) groups excluding carboxylic acids is 1. The molecule has 21 heavy (non-hydrogen) atoms. The smallest absolute Gasteiger partial charge is 0.321 e. The highest BCUT2D eigenvalue weighted by Crippen LogP contribution is 2.34. The third kappa shape index (κ3) is 4.11. The van der Waals surface area contributed by atoms with Gasteiger partial charge in [0, 0.05) is 23.8 Å². The van der Waals surface area contributed by atoms with Gasteiger partial charge in [-0.1, -0.05) is 32.4 Å². The summed E-state index contributed by atoms with van der Waals surface area (Å²) in [5.41, 5.74) is 0.759. The van der Waals surface area contributed by atoms with E-state index in [0.29, 0.717) is 23.8 Å². The fourth-order valence-electron chi connectivity index (χ4n) is 2.86. The molecule has 1 heterocycles. The van der Waals surface area contributed by atoms with Crippen LogP contribution in [-0.4, -0.2) is 35.2 Å². The Morgan fingerprint density at radius 3 is 2.48 bits per heavy atom. The monoisotopic (exact) mass is 310 g/mol. The van der Waals surface area contributed by atoms with Gasteiger partial charge in [-0.05, 0) is 42.0 Å². The topological polar surface area (TPSA) is 52.6 Å². The number of aliphatic hydroxyl groups is 1. The van der Waals surface area contributed by atoms with Crippen LogP contribution in [0.4, 0.5) is 10.5 Å². The molecule has 2 atom stereocenters. The molecule has 2 unspecified atom stereocenters. The molecule has 0 radical (unpaired) electrons. The van der Waals surface area contributed by atoms with E-state index < -0.39 is 6.10 Å². The molecule has 0 aliphatic carbocycles. The van der Waals surface area contributed by atoms with Crippen LogP contribution in [0.2, 0.25) is 5.02 Å². The van der Waals surface area contributed by atoms with Gasteiger partial charge in [-0.25, -0.2) is 4.79 Å². The van der Waals surface area contributed by atoms with Crippen LogP contribution < -0.4 is 5.32 Å². The zero-order valence-corrected chi connectivity index (χ0v) is 13.5. The zero-order chi connectivity index (χ0) is 15.6. The quantitative estimate of drug-likeness (QED) is 0.832. The van der Waals surface area contributed by atoms with E-state index in [1.54, 1.807) is 29.2 Å². The van der Waals surface area contributed by atoms with Gasteiger partial charge in [0.25, 0.3) is 0 Å². The lowest BCUT2D eigenvalue weighted by atomic mass is 9.74. The van der Waals surface area contributed by atoms with Crippen molar-refractivity contribution in [1.82, 2.24) is 4.90 Å². The molecular weight excluding hydrogens is 288 g/mol. The van der Waals surface area contributed by atoms with E-state index in [4.69, 9.17) is 11.6 Å².